The van der Waals surface area contributed by atoms with Gasteiger partial charge in [0.1, 0.15) is 27.9 Å². The van der Waals surface area contributed by atoms with Crippen LogP contribution < -0.4 is 20.8 Å². The van der Waals surface area contributed by atoms with Crippen LogP contribution in [0.4, 0.5) is 10.1 Å². The number of ether oxygens (including phenoxy) is 1. The molecule has 4 heterocycles. The van der Waals surface area contributed by atoms with Crippen LogP contribution in [0.25, 0.3) is 38.5 Å². The predicted molar refractivity (Wildman–Crippen MR) is 176 cm³/mol. The highest BCUT2D eigenvalue weighted by Crippen LogP contribution is 2.47. The number of likely N-dealkylation sites (N-methyl/N-ethyl adjacent to an activating group) is 1. The van der Waals surface area contributed by atoms with Gasteiger partial charge in [-0.05, 0) is 64.1 Å². The van der Waals surface area contributed by atoms with Gasteiger partial charge in [0, 0.05) is 49.2 Å². The van der Waals surface area contributed by atoms with Gasteiger partial charge in [-0.15, -0.1) is 0 Å². The summed E-state index contributed by atoms with van der Waals surface area (Å²) in [6, 6.07) is 12.7. The Morgan fingerprint density at radius 3 is 2.64 bits per heavy atom. The largest absolute Gasteiger partial charge is 0.456 e. The average molecular weight is 612 g/mol. The minimum atomic E-state index is -0.600. The van der Waals surface area contributed by atoms with Crippen molar-refractivity contribution in [2.45, 2.75) is 32.6 Å². The minimum Gasteiger partial charge on any atom is -0.456 e. The normalized spacial score (nSPS) is 14.7. The summed E-state index contributed by atoms with van der Waals surface area (Å²) in [5.41, 5.74) is 1.97. The monoisotopic (exact) mass is 611 g/mol. The summed E-state index contributed by atoms with van der Waals surface area (Å²) < 4.78 is 30.3. The van der Waals surface area contributed by atoms with Crippen LogP contribution in [0, 0.1) is 5.82 Å². The molecule has 1 amide bonds. The van der Waals surface area contributed by atoms with Gasteiger partial charge < -0.3 is 34.2 Å². The van der Waals surface area contributed by atoms with Crippen molar-refractivity contribution < 1.29 is 18.3 Å². The van der Waals surface area contributed by atoms with Crippen molar-refractivity contribution in [1.29, 1.82) is 0 Å². The summed E-state index contributed by atoms with van der Waals surface area (Å²) in [4.78, 5) is 31.7. The maximum atomic E-state index is 15.9. The van der Waals surface area contributed by atoms with Gasteiger partial charge in [0.2, 0.25) is 5.43 Å². The topological polar surface area (TPSA) is 92.0 Å². The summed E-state index contributed by atoms with van der Waals surface area (Å²) >= 11 is 0. The van der Waals surface area contributed by atoms with E-state index in [1.165, 1.54) is 25.3 Å². The van der Waals surface area contributed by atoms with Crippen molar-refractivity contribution in [3.63, 3.8) is 0 Å². The standard InChI is InChI=1S/C35H38FN5O4/c1-3-13-39(2)16-11-38-35(43)25-21-41-27-20-29-23(22-9-5-6-10-28(22)44-29)19-30(27)45-34-31(26(36)18-24(32(34)41)33(25)42)37-12-17-40-14-7-4-8-15-40/h5-6,9-10,18-21,37H,3-4,7-8,11-17H2,1-2H3,(H,38,43). The fraction of sp³-hybridized carbons (Fsp3) is 0.371. The van der Waals surface area contributed by atoms with Gasteiger partial charge >= 0.3 is 0 Å². The van der Waals surface area contributed by atoms with Crippen LogP contribution in [0.15, 0.2) is 57.9 Å². The maximum Gasteiger partial charge on any atom is 0.256 e. The molecule has 2 aliphatic heterocycles. The van der Waals surface area contributed by atoms with Crippen molar-refractivity contribution in [1.82, 2.24) is 19.7 Å². The zero-order valence-electron chi connectivity index (χ0n) is 25.7. The van der Waals surface area contributed by atoms with E-state index in [2.05, 4.69) is 27.4 Å². The number of hydrogen-bond acceptors (Lipinski definition) is 7. The first-order valence-corrected chi connectivity index (χ1v) is 15.9. The molecular weight excluding hydrogens is 573 g/mol. The van der Waals surface area contributed by atoms with E-state index in [-0.39, 0.29) is 22.4 Å². The zero-order chi connectivity index (χ0) is 31.1. The number of nitrogens with zero attached hydrogens (tertiary/aromatic N) is 3. The Hall–Kier alpha value is -4.41. The SMILES string of the molecule is CCCN(C)CCNC(=O)c1cn2c3c(c(NCCN4CCCCC4)c(F)cc3c1=O)Oc1cc3c(cc1-2)oc1ccccc13. The van der Waals surface area contributed by atoms with E-state index in [4.69, 9.17) is 9.15 Å². The molecule has 0 spiro atoms. The Labute approximate surface area is 260 Å². The van der Waals surface area contributed by atoms with Gasteiger partial charge in [-0.1, -0.05) is 31.5 Å². The molecule has 5 aromatic rings. The van der Waals surface area contributed by atoms with E-state index in [0.29, 0.717) is 42.2 Å². The maximum absolute atomic E-state index is 15.9. The van der Waals surface area contributed by atoms with Crippen molar-refractivity contribution in [2.75, 3.05) is 58.2 Å². The third kappa shape index (κ3) is 5.42. The number of furan rings is 1. The fourth-order valence-corrected chi connectivity index (χ4v) is 6.63. The lowest BCUT2D eigenvalue weighted by Crippen LogP contribution is -2.36. The fourth-order valence-electron chi connectivity index (χ4n) is 6.63. The van der Waals surface area contributed by atoms with Crippen LogP contribution in [-0.4, -0.2) is 73.1 Å². The number of hydrogen-bond donors (Lipinski definition) is 2. The molecule has 10 heteroatoms. The van der Waals surface area contributed by atoms with Gasteiger partial charge in [-0.2, -0.15) is 0 Å². The smallest absolute Gasteiger partial charge is 0.256 e. The van der Waals surface area contributed by atoms with E-state index in [1.54, 1.807) is 10.8 Å². The van der Waals surface area contributed by atoms with E-state index in [0.717, 1.165) is 49.0 Å². The van der Waals surface area contributed by atoms with E-state index < -0.39 is 17.2 Å². The first-order chi connectivity index (χ1) is 21.9. The molecule has 1 saturated heterocycles. The number of benzene rings is 3. The number of carbonyl (C=O) groups is 1. The Balaban J connectivity index is 1.33. The Bertz CT molecular complexity index is 1980. The molecule has 2 N–H and O–H groups in total. The van der Waals surface area contributed by atoms with Gasteiger partial charge in [0.25, 0.3) is 5.91 Å². The van der Waals surface area contributed by atoms with Crippen LogP contribution >= 0.6 is 0 Å². The molecule has 0 saturated carbocycles. The minimum absolute atomic E-state index is 0.0608. The summed E-state index contributed by atoms with van der Waals surface area (Å²) in [5.74, 6) is -0.395. The lowest BCUT2D eigenvalue weighted by molar-refractivity contribution is 0.0948. The lowest BCUT2D eigenvalue weighted by Gasteiger charge is -2.28. The molecular formula is C35H38FN5O4. The van der Waals surface area contributed by atoms with Crippen LogP contribution in [0.1, 0.15) is 43.0 Å². The number of halogens is 1. The number of nitrogens with one attached hydrogen (secondary N) is 2. The first-order valence-electron chi connectivity index (χ1n) is 15.9. The molecule has 0 unspecified atom stereocenters. The van der Waals surface area contributed by atoms with Crippen LogP contribution in [-0.2, 0) is 0 Å². The third-order valence-electron chi connectivity index (χ3n) is 8.93. The number of para-hydroxylation sites is 1. The third-order valence-corrected chi connectivity index (χ3v) is 8.93. The van der Waals surface area contributed by atoms with E-state index >= 15 is 4.39 Å². The average Bonchev–Trinajstić information content (AvgIpc) is 3.40. The molecule has 3 aromatic carbocycles. The summed E-state index contributed by atoms with van der Waals surface area (Å²) in [7, 11) is 1.99. The highest BCUT2D eigenvalue weighted by molar-refractivity contribution is 6.07. The molecule has 0 atom stereocenters. The first kappa shape index (κ1) is 29.3. The predicted octanol–water partition coefficient (Wildman–Crippen LogP) is 6.10. The molecule has 7 rings (SSSR count). The van der Waals surface area contributed by atoms with Crippen molar-refractivity contribution in [2.24, 2.45) is 0 Å². The second kappa shape index (κ2) is 12.2. The second-order valence-electron chi connectivity index (χ2n) is 12.1. The van der Waals surface area contributed by atoms with Gasteiger partial charge in [0.15, 0.2) is 17.3 Å². The Kier molecular flexibility index (Phi) is 7.93. The molecule has 0 radical (unpaired) electrons. The van der Waals surface area contributed by atoms with Crippen LogP contribution in [0.5, 0.6) is 11.5 Å². The number of amides is 1. The van der Waals surface area contributed by atoms with E-state index in [9.17, 15) is 9.59 Å². The Morgan fingerprint density at radius 1 is 1.00 bits per heavy atom. The molecule has 234 valence electrons. The number of piperidine rings is 1. The summed E-state index contributed by atoms with van der Waals surface area (Å²) in [6.07, 6.45) is 6.13. The second-order valence-corrected chi connectivity index (χ2v) is 12.1. The number of aromatic nitrogens is 1. The molecule has 1 fully saturated rings. The molecule has 0 aliphatic carbocycles. The van der Waals surface area contributed by atoms with Crippen molar-refractivity contribution in [3.05, 3.63) is 70.3 Å². The summed E-state index contributed by atoms with van der Waals surface area (Å²) in [5, 5.41) is 8.02. The molecule has 2 aliphatic rings. The molecule has 0 bridgehead atoms. The lowest BCUT2D eigenvalue weighted by atomic mass is 10.0. The highest BCUT2D eigenvalue weighted by Gasteiger charge is 2.29. The van der Waals surface area contributed by atoms with Gasteiger partial charge in [-0.25, -0.2) is 4.39 Å². The van der Waals surface area contributed by atoms with Gasteiger partial charge in [-0.3, -0.25) is 9.59 Å². The number of carbonyl (C=O) groups excluding carboxylic acids is 1. The van der Waals surface area contributed by atoms with Gasteiger partial charge in [0.05, 0.1) is 11.1 Å². The number of fused-ring (bicyclic) bond motifs is 5. The van der Waals surface area contributed by atoms with E-state index in [1.807, 2.05) is 43.4 Å². The number of likely N-dealkylation sites (tertiary alicyclic amines) is 1. The Morgan fingerprint density at radius 2 is 1.82 bits per heavy atom. The number of anilines is 1. The van der Waals surface area contributed by atoms with Crippen LogP contribution in [0.3, 0.4) is 0 Å². The van der Waals surface area contributed by atoms with Crippen LogP contribution in [0.2, 0.25) is 0 Å². The number of pyridine rings is 1. The molecule has 2 aromatic heterocycles. The highest BCUT2D eigenvalue weighted by atomic mass is 19.1. The quantitative estimate of drug-likeness (QED) is 0.193. The molecule has 9 nitrogen and oxygen atoms in total. The zero-order valence-corrected chi connectivity index (χ0v) is 25.7. The van der Waals surface area contributed by atoms with Crippen molar-refractivity contribution >= 4 is 44.4 Å². The number of rotatable bonds is 10. The van der Waals surface area contributed by atoms with Crippen molar-refractivity contribution in [3.8, 4) is 17.2 Å². The molecule has 45 heavy (non-hydrogen) atoms. The summed E-state index contributed by atoms with van der Waals surface area (Å²) in [6.45, 7) is 7.39.